The van der Waals surface area contributed by atoms with Crippen molar-refractivity contribution in [1.82, 2.24) is 0 Å². The highest BCUT2D eigenvalue weighted by Crippen LogP contribution is 2.13. The Morgan fingerprint density at radius 1 is 1.71 bits per heavy atom. The molecule has 0 radical (unpaired) electrons. The molecule has 0 aliphatic carbocycles. The molecule has 0 amide bonds. The van der Waals surface area contributed by atoms with Gasteiger partial charge in [0.2, 0.25) is 0 Å². The Balaban J connectivity index is 2.47. The first-order chi connectivity index (χ1) is 6.74. The quantitative estimate of drug-likeness (QED) is 0.789. The van der Waals surface area contributed by atoms with Gasteiger partial charge in [0, 0.05) is 17.9 Å². The van der Waals surface area contributed by atoms with Crippen LogP contribution in [0.25, 0.3) is 0 Å². The fourth-order valence-corrected chi connectivity index (χ4v) is 1.83. The summed E-state index contributed by atoms with van der Waals surface area (Å²) in [6.07, 6.45) is 0.606. The SMILES string of the molecule is CCCO[C@@H](Cc1cccs1)C(=O)O. The van der Waals surface area contributed by atoms with Gasteiger partial charge in [-0.25, -0.2) is 4.79 Å². The van der Waals surface area contributed by atoms with E-state index in [0.717, 1.165) is 11.3 Å². The molecule has 0 fully saturated rings. The van der Waals surface area contributed by atoms with Gasteiger partial charge in [-0.2, -0.15) is 0 Å². The van der Waals surface area contributed by atoms with Crippen LogP contribution in [0.3, 0.4) is 0 Å². The lowest BCUT2D eigenvalue weighted by Gasteiger charge is -2.11. The Morgan fingerprint density at radius 3 is 3.00 bits per heavy atom. The van der Waals surface area contributed by atoms with Crippen molar-refractivity contribution < 1.29 is 14.6 Å². The standard InChI is InChI=1S/C10H14O3S/c1-2-5-13-9(10(11)12)7-8-4-3-6-14-8/h3-4,6,9H,2,5,7H2,1H3,(H,11,12)/t9-/m0/s1. The second-order valence-corrected chi connectivity index (χ2v) is 4.01. The molecular weight excluding hydrogens is 200 g/mol. The maximum atomic E-state index is 10.8. The summed E-state index contributed by atoms with van der Waals surface area (Å²) in [6.45, 7) is 2.46. The minimum absolute atomic E-state index is 0.465. The highest BCUT2D eigenvalue weighted by molar-refractivity contribution is 7.09. The monoisotopic (exact) mass is 214 g/mol. The predicted octanol–water partition coefficient (Wildman–Crippen LogP) is 2.17. The second kappa shape index (κ2) is 5.78. The molecule has 0 aromatic carbocycles. The van der Waals surface area contributed by atoms with Crippen molar-refractivity contribution in [3.63, 3.8) is 0 Å². The maximum absolute atomic E-state index is 10.8. The first-order valence-electron chi connectivity index (χ1n) is 4.60. The minimum atomic E-state index is -0.883. The van der Waals surface area contributed by atoms with Crippen molar-refractivity contribution in [2.45, 2.75) is 25.9 Å². The summed E-state index contributed by atoms with van der Waals surface area (Å²) in [5, 5.41) is 10.8. The van der Waals surface area contributed by atoms with Crippen LogP contribution in [0.5, 0.6) is 0 Å². The number of hydrogen-bond donors (Lipinski definition) is 1. The van der Waals surface area contributed by atoms with E-state index in [1.807, 2.05) is 24.4 Å². The normalized spacial score (nSPS) is 12.6. The zero-order valence-electron chi connectivity index (χ0n) is 8.10. The zero-order chi connectivity index (χ0) is 10.4. The molecule has 0 saturated carbocycles. The van der Waals surface area contributed by atoms with Gasteiger partial charge in [-0.3, -0.25) is 0 Å². The second-order valence-electron chi connectivity index (χ2n) is 2.98. The molecule has 1 N–H and O–H groups in total. The average Bonchev–Trinajstić information content (AvgIpc) is 2.64. The summed E-state index contributed by atoms with van der Waals surface area (Å²) in [5.74, 6) is -0.883. The van der Waals surface area contributed by atoms with Crippen LogP contribution in [-0.4, -0.2) is 23.8 Å². The largest absolute Gasteiger partial charge is 0.479 e. The molecule has 4 heteroatoms. The van der Waals surface area contributed by atoms with Crippen LogP contribution in [0, 0.1) is 0 Å². The molecule has 1 atom stereocenters. The number of carboxylic acids is 1. The van der Waals surface area contributed by atoms with Crippen molar-refractivity contribution in [2.24, 2.45) is 0 Å². The number of thiophene rings is 1. The fraction of sp³-hybridized carbons (Fsp3) is 0.500. The van der Waals surface area contributed by atoms with E-state index >= 15 is 0 Å². The van der Waals surface area contributed by atoms with Gasteiger partial charge in [0.25, 0.3) is 0 Å². The summed E-state index contributed by atoms with van der Waals surface area (Å²) in [7, 11) is 0. The van der Waals surface area contributed by atoms with Gasteiger partial charge in [0.05, 0.1) is 0 Å². The molecule has 1 rings (SSSR count). The van der Waals surface area contributed by atoms with Gasteiger partial charge in [-0.15, -0.1) is 11.3 Å². The van der Waals surface area contributed by atoms with E-state index in [2.05, 4.69) is 0 Å². The van der Waals surface area contributed by atoms with Gasteiger partial charge in [0.15, 0.2) is 6.10 Å². The first kappa shape index (κ1) is 11.2. The Hall–Kier alpha value is -0.870. The fourth-order valence-electron chi connectivity index (χ4n) is 1.09. The molecule has 78 valence electrons. The molecule has 1 aromatic heterocycles. The van der Waals surface area contributed by atoms with Crippen molar-refractivity contribution in [2.75, 3.05) is 6.61 Å². The Bertz CT molecular complexity index is 269. The molecule has 1 heterocycles. The predicted molar refractivity (Wildman–Crippen MR) is 55.7 cm³/mol. The third-order valence-corrected chi connectivity index (χ3v) is 2.66. The van der Waals surface area contributed by atoms with Crippen molar-refractivity contribution in [3.05, 3.63) is 22.4 Å². The molecular formula is C10H14O3S. The van der Waals surface area contributed by atoms with Crippen LogP contribution in [0.1, 0.15) is 18.2 Å². The Morgan fingerprint density at radius 2 is 2.50 bits per heavy atom. The van der Waals surface area contributed by atoms with Crippen LogP contribution >= 0.6 is 11.3 Å². The molecule has 1 aromatic rings. The van der Waals surface area contributed by atoms with Gasteiger partial charge in [0.1, 0.15) is 0 Å². The molecule has 0 bridgehead atoms. The van der Waals surface area contributed by atoms with E-state index in [9.17, 15) is 4.79 Å². The summed E-state index contributed by atoms with van der Waals surface area (Å²) in [4.78, 5) is 11.9. The molecule has 0 unspecified atom stereocenters. The highest BCUT2D eigenvalue weighted by atomic mass is 32.1. The topological polar surface area (TPSA) is 46.5 Å². The summed E-state index contributed by atoms with van der Waals surface area (Å²) in [6, 6.07) is 3.84. The Kier molecular flexibility index (Phi) is 4.62. The number of ether oxygens (including phenoxy) is 1. The van der Waals surface area contributed by atoms with Gasteiger partial charge < -0.3 is 9.84 Å². The molecule has 14 heavy (non-hydrogen) atoms. The highest BCUT2D eigenvalue weighted by Gasteiger charge is 2.18. The number of aliphatic carboxylic acids is 1. The minimum Gasteiger partial charge on any atom is -0.479 e. The zero-order valence-corrected chi connectivity index (χ0v) is 8.92. The lowest BCUT2D eigenvalue weighted by molar-refractivity contribution is -0.150. The van der Waals surface area contributed by atoms with Gasteiger partial charge in [-0.05, 0) is 17.9 Å². The molecule has 0 aliphatic rings. The molecule has 0 spiro atoms. The van der Waals surface area contributed by atoms with Crippen LogP contribution in [0.2, 0.25) is 0 Å². The number of hydrogen-bond acceptors (Lipinski definition) is 3. The first-order valence-corrected chi connectivity index (χ1v) is 5.48. The summed E-state index contributed by atoms with van der Waals surface area (Å²) < 4.78 is 5.23. The van der Waals surface area contributed by atoms with E-state index in [-0.39, 0.29) is 0 Å². The molecule has 3 nitrogen and oxygen atoms in total. The van der Waals surface area contributed by atoms with Crippen LogP contribution in [-0.2, 0) is 16.0 Å². The lowest BCUT2D eigenvalue weighted by atomic mass is 10.2. The van der Waals surface area contributed by atoms with Crippen molar-refractivity contribution in [3.8, 4) is 0 Å². The van der Waals surface area contributed by atoms with E-state index in [1.165, 1.54) is 0 Å². The number of carboxylic acid groups (broad SMARTS) is 1. The van der Waals surface area contributed by atoms with Crippen LogP contribution in [0.4, 0.5) is 0 Å². The maximum Gasteiger partial charge on any atom is 0.333 e. The van der Waals surface area contributed by atoms with Gasteiger partial charge >= 0.3 is 5.97 Å². The Labute approximate surface area is 87.3 Å². The molecule has 0 saturated heterocycles. The molecule has 0 aliphatic heterocycles. The summed E-state index contributed by atoms with van der Waals surface area (Å²) in [5.41, 5.74) is 0. The van der Waals surface area contributed by atoms with E-state index in [1.54, 1.807) is 11.3 Å². The smallest absolute Gasteiger partial charge is 0.333 e. The van der Waals surface area contributed by atoms with E-state index in [0.29, 0.717) is 13.0 Å². The summed E-state index contributed by atoms with van der Waals surface area (Å²) >= 11 is 1.56. The van der Waals surface area contributed by atoms with E-state index in [4.69, 9.17) is 9.84 Å². The third kappa shape index (κ3) is 3.47. The number of rotatable bonds is 6. The van der Waals surface area contributed by atoms with Crippen molar-refractivity contribution >= 4 is 17.3 Å². The third-order valence-electron chi connectivity index (χ3n) is 1.77. The van der Waals surface area contributed by atoms with E-state index < -0.39 is 12.1 Å². The van der Waals surface area contributed by atoms with Crippen LogP contribution in [0.15, 0.2) is 17.5 Å². The average molecular weight is 214 g/mol. The van der Waals surface area contributed by atoms with Gasteiger partial charge in [-0.1, -0.05) is 13.0 Å². The van der Waals surface area contributed by atoms with Crippen LogP contribution < -0.4 is 0 Å². The lowest BCUT2D eigenvalue weighted by Crippen LogP contribution is -2.26. The van der Waals surface area contributed by atoms with Crippen molar-refractivity contribution in [1.29, 1.82) is 0 Å². The number of carbonyl (C=O) groups is 1.